The van der Waals surface area contributed by atoms with Gasteiger partial charge in [0, 0.05) is 22.5 Å². The van der Waals surface area contributed by atoms with Crippen LogP contribution in [0.3, 0.4) is 0 Å². The number of fused-ring (bicyclic) bond motifs is 1. The number of halogens is 3. The Bertz CT molecular complexity index is 1050. The molecule has 156 valence electrons. The third-order valence-corrected chi connectivity index (χ3v) is 4.99. The first-order valence-corrected chi connectivity index (χ1v) is 9.99. The number of amides is 3. The summed E-state index contributed by atoms with van der Waals surface area (Å²) in [4.78, 5) is 49.4. The maximum Gasteiger partial charge on any atom is 0.306 e. The number of hydrogen-bond donors (Lipinski definition) is 1. The number of nitrogens with zero attached hydrogens (tertiary/aromatic N) is 1. The van der Waals surface area contributed by atoms with Crippen LogP contribution < -0.4 is 5.32 Å². The van der Waals surface area contributed by atoms with Gasteiger partial charge in [-0.05, 0) is 42.8 Å². The van der Waals surface area contributed by atoms with Crippen LogP contribution in [0.5, 0.6) is 0 Å². The molecule has 2 aromatic rings. The molecule has 1 N–H and O–H groups in total. The lowest BCUT2D eigenvalue weighted by Gasteiger charge is -2.13. The number of carbonyl (C=O) groups excluding carboxylic acids is 4. The van der Waals surface area contributed by atoms with Gasteiger partial charge in [0.1, 0.15) is 5.82 Å². The first-order chi connectivity index (χ1) is 14.3. The van der Waals surface area contributed by atoms with Crippen molar-refractivity contribution < 1.29 is 28.3 Å². The van der Waals surface area contributed by atoms with Crippen LogP contribution in [0.1, 0.15) is 33.6 Å². The molecule has 1 aliphatic heterocycles. The number of carbonyl (C=O) groups is 4. The molecule has 0 atom stereocenters. The minimum atomic E-state index is -0.726. The Labute approximate surface area is 184 Å². The van der Waals surface area contributed by atoms with Crippen molar-refractivity contribution in [2.45, 2.75) is 12.8 Å². The molecule has 1 heterocycles. The van der Waals surface area contributed by atoms with Gasteiger partial charge in [-0.15, -0.1) is 0 Å². The molecule has 0 saturated heterocycles. The third-order valence-electron chi connectivity index (χ3n) is 4.26. The van der Waals surface area contributed by atoms with Gasteiger partial charge in [0.25, 0.3) is 17.7 Å². The number of anilines is 1. The van der Waals surface area contributed by atoms with E-state index in [1.165, 1.54) is 12.1 Å². The summed E-state index contributed by atoms with van der Waals surface area (Å²) in [6, 6.07) is 8.48. The van der Waals surface area contributed by atoms with Crippen LogP contribution in [0.15, 0.2) is 40.9 Å². The number of imide groups is 1. The van der Waals surface area contributed by atoms with Gasteiger partial charge in [-0.25, -0.2) is 4.39 Å². The average molecular weight is 498 g/mol. The fraction of sp³-hybridized carbons (Fsp3) is 0.200. The fourth-order valence-electron chi connectivity index (χ4n) is 2.85. The molecule has 7 nitrogen and oxygen atoms in total. The van der Waals surface area contributed by atoms with E-state index in [1.54, 1.807) is 18.2 Å². The minimum absolute atomic E-state index is 0.0407. The van der Waals surface area contributed by atoms with Gasteiger partial charge in [-0.2, -0.15) is 0 Å². The first-order valence-electron chi connectivity index (χ1n) is 8.82. The SMILES string of the molecule is O=C(COC(=O)CCCN1C(=O)c2ccc(Br)cc2C1=O)Nc1cc(Cl)ccc1F. The Balaban J connectivity index is 1.43. The summed E-state index contributed by atoms with van der Waals surface area (Å²) in [7, 11) is 0. The molecule has 10 heteroatoms. The number of esters is 1. The second-order valence-corrected chi connectivity index (χ2v) is 7.74. The second kappa shape index (κ2) is 9.36. The van der Waals surface area contributed by atoms with Crippen molar-refractivity contribution >= 4 is 56.9 Å². The molecule has 3 rings (SSSR count). The normalized spacial score (nSPS) is 12.7. The molecule has 2 aromatic carbocycles. The van der Waals surface area contributed by atoms with Gasteiger partial charge in [0.15, 0.2) is 6.61 Å². The van der Waals surface area contributed by atoms with E-state index in [9.17, 15) is 23.6 Å². The van der Waals surface area contributed by atoms with Gasteiger partial charge in [-0.1, -0.05) is 27.5 Å². The highest BCUT2D eigenvalue weighted by Gasteiger charge is 2.35. The van der Waals surface area contributed by atoms with Crippen molar-refractivity contribution in [3.8, 4) is 0 Å². The Morgan fingerprint density at radius 2 is 1.83 bits per heavy atom. The number of hydrogen-bond acceptors (Lipinski definition) is 5. The van der Waals surface area contributed by atoms with Crippen molar-refractivity contribution in [2.75, 3.05) is 18.5 Å². The molecule has 0 radical (unpaired) electrons. The van der Waals surface area contributed by atoms with E-state index >= 15 is 0 Å². The van der Waals surface area contributed by atoms with E-state index in [0.29, 0.717) is 15.6 Å². The molecule has 3 amide bonds. The summed E-state index contributed by atoms with van der Waals surface area (Å²) in [5.41, 5.74) is 0.498. The smallest absolute Gasteiger partial charge is 0.306 e. The number of nitrogens with one attached hydrogen (secondary N) is 1. The molecule has 0 spiro atoms. The van der Waals surface area contributed by atoms with E-state index in [-0.39, 0.29) is 30.1 Å². The summed E-state index contributed by atoms with van der Waals surface area (Å²) in [6.45, 7) is -0.565. The Kier molecular flexibility index (Phi) is 6.84. The predicted octanol–water partition coefficient (Wildman–Crippen LogP) is 3.80. The zero-order valence-corrected chi connectivity index (χ0v) is 17.8. The lowest BCUT2D eigenvalue weighted by Crippen LogP contribution is -2.31. The van der Waals surface area contributed by atoms with E-state index < -0.39 is 36.1 Å². The van der Waals surface area contributed by atoms with Crippen LogP contribution in [-0.4, -0.2) is 41.7 Å². The number of rotatable bonds is 7. The first kappa shape index (κ1) is 21.9. The molecule has 0 fully saturated rings. The standard InChI is InChI=1S/C20H15BrClFN2O5/c21-11-3-5-13-14(8-11)20(29)25(19(13)28)7-1-2-18(27)30-10-17(26)24-16-9-12(22)4-6-15(16)23/h3-6,8-9H,1-2,7,10H2,(H,24,26). The summed E-state index contributed by atoms with van der Waals surface area (Å²) < 4.78 is 19.1. The molecule has 0 aromatic heterocycles. The molecular weight excluding hydrogens is 483 g/mol. The van der Waals surface area contributed by atoms with E-state index in [2.05, 4.69) is 21.2 Å². The van der Waals surface area contributed by atoms with Crippen LogP contribution in [0.2, 0.25) is 5.02 Å². The average Bonchev–Trinajstić information content (AvgIpc) is 2.93. The topological polar surface area (TPSA) is 92.8 Å². The van der Waals surface area contributed by atoms with E-state index in [4.69, 9.17) is 16.3 Å². The van der Waals surface area contributed by atoms with Crippen LogP contribution >= 0.6 is 27.5 Å². The molecule has 1 aliphatic rings. The maximum atomic E-state index is 13.6. The van der Waals surface area contributed by atoms with Gasteiger partial charge >= 0.3 is 5.97 Å². The summed E-state index contributed by atoms with van der Waals surface area (Å²) in [5.74, 6) is -2.93. The van der Waals surface area contributed by atoms with Crippen LogP contribution in [0.4, 0.5) is 10.1 Å². The Morgan fingerprint density at radius 3 is 2.60 bits per heavy atom. The summed E-state index contributed by atoms with van der Waals surface area (Å²) in [6.07, 6.45) is 0.0753. The predicted molar refractivity (Wildman–Crippen MR) is 110 cm³/mol. The van der Waals surface area contributed by atoms with Crippen LogP contribution in [-0.2, 0) is 14.3 Å². The van der Waals surface area contributed by atoms with Gasteiger partial charge in [-0.3, -0.25) is 24.1 Å². The third kappa shape index (κ3) is 5.03. The van der Waals surface area contributed by atoms with Crippen LogP contribution in [0.25, 0.3) is 0 Å². The lowest BCUT2D eigenvalue weighted by atomic mass is 10.1. The number of ether oxygens (including phenoxy) is 1. The second-order valence-electron chi connectivity index (χ2n) is 6.39. The molecule has 0 unspecified atom stereocenters. The molecule has 0 saturated carbocycles. The summed E-state index contributed by atoms with van der Waals surface area (Å²) >= 11 is 9.00. The quantitative estimate of drug-likeness (QED) is 0.464. The number of benzene rings is 2. The van der Waals surface area contributed by atoms with Crippen molar-refractivity contribution in [2.24, 2.45) is 0 Å². The Morgan fingerprint density at radius 1 is 1.10 bits per heavy atom. The monoisotopic (exact) mass is 496 g/mol. The van der Waals surface area contributed by atoms with Gasteiger partial charge < -0.3 is 10.1 Å². The van der Waals surface area contributed by atoms with Crippen molar-refractivity contribution in [1.29, 1.82) is 0 Å². The van der Waals surface area contributed by atoms with E-state index in [1.807, 2.05) is 0 Å². The van der Waals surface area contributed by atoms with E-state index in [0.717, 1.165) is 11.0 Å². The maximum absolute atomic E-state index is 13.6. The largest absolute Gasteiger partial charge is 0.456 e. The highest BCUT2D eigenvalue weighted by molar-refractivity contribution is 9.10. The van der Waals surface area contributed by atoms with Crippen molar-refractivity contribution in [3.05, 3.63) is 62.8 Å². The minimum Gasteiger partial charge on any atom is -0.456 e. The van der Waals surface area contributed by atoms with Gasteiger partial charge in [0.2, 0.25) is 0 Å². The highest BCUT2D eigenvalue weighted by atomic mass is 79.9. The molecule has 0 aliphatic carbocycles. The summed E-state index contributed by atoms with van der Waals surface area (Å²) in [5, 5.41) is 2.50. The molecule has 30 heavy (non-hydrogen) atoms. The molecular formula is C20H15BrClFN2O5. The zero-order valence-electron chi connectivity index (χ0n) is 15.4. The Hall–Kier alpha value is -2.78. The van der Waals surface area contributed by atoms with Gasteiger partial charge in [0.05, 0.1) is 16.8 Å². The van der Waals surface area contributed by atoms with Crippen molar-refractivity contribution in [3.63, 3.8) is 0 Å². The lowest BCUT2D eigenvalue weighted by molar-refractivity contribution is -0.147. The highest BCUT2D eigenvalue weighted by Crippen LogP contribution is 2.26. The fourth-order valence-corrected chi connectivity index (χ4v) is 3.38. The van der Waals surface area contributed by atoms with Crippen molar-refractivity contribution in [1.82, 2.24) is 4.90 Å². The molecule has 0 bridgehead atoms. The zero-order chi connectivity index (χ0) is 21.8. The van der Waals surface area contributed by atoms with Crippen LogP contribution in [0, 0.1) is 5.82 Å².